The minimum absolute atomic E-state index is 0.120. The molecule has 0 aliphatic heterocycles. The summed E-state index contributed by atoms with van der Waals surface area (Å²) >= 11 is 4.94. The van der Waals surface area contributed by atoms with Crippen LogP contribution in [0.4, 0.5) is 5.95 Å². The first-order valence-corrected chi connectivity index (χ1v) is 7.32. The van der Waals surface area contributed by atoms with E-state index in [1.54, 1.807) is 12.3 Å². The van der Waals surface area contributed by atoms with Crippen molar-refractivity contribution in [2.24, 2.45) is 5.73 Å². The van der Waals surface area contributed by atoms with E-state index < -0.39 is 0 Å². The van der Waals surface area contributed by atoms with Gasteiger partial charge >= 0.3 is 0 Å². The van der Waals surface area contributed by atoms with Crippen LogP contribution < -0.4 is 11.1 Å². The van der Waals surface area contributed by atoms with Gasteiger partial charge in [0.2, 0.25) is 5.95 Å². The van der Waals surface area contributed by atoms with E-state index in [2.05, 4.69) is 53.4 Å². The Hall–Kier alpha value is -2.01. The highest BCUT2D eigenvalue weighted by molar-refractivity contribution is 7.80. The molecule has 0 spiro atoms. The number of nitrogens with one attached hydrogen (secondary N) is 1. The number of rotatable bonds is 6. The lowest BCUT2D eigenvalue weighted by Crippen LogP contribution is -2.32. The number of thiocarbonyl (C=S) groups is 1. The molecule has 1 heterocycles. The number of nitrogens with zero attached hydrogens (tertiary/aromatic N) is 2. The highest BCUT2D eigenvalue weighted by Crippen LogP contribution is 2.18. The van der Waals surface area contributed by atoms with Crippen LogP contribution in [0.5, 0.6) is 0 Å². The molecule has 5 heteroatoms. The molecular formula is C16H20N4S. The molecule has 3 N–H and O–H groups in total. The summed E-state index contributed by atoms with van der Waals surface area (Å²) in [5.74, 6) is 0.554. The Morgan fingerprint density at radius 2 is 1.95 bits per heavy atom. The highest BCUT2D eigenvalue weighted by Gasteiger charge is 2.18. The van der Waals surface area contributed by atoms with Gasteiger partial charge in [0.15, 0.2) is 0 Å². The monoisotopic (exact) mass is 300 g/mol. The molecule has 0 radical (unpaired) electrons. The van der Waals surface area contributed by atoms with E-state index in [0.717, 1.165) is 12.8 Å². The van der Waals surface area contributed by atoms with Crippen LogP contribution in [-0.4, -0.2) is 20.5 Å². The number of aromatic nitrogens is 2. The number of aryl methyl sites for hydroxylation is 1. The minimum atomic E-state index is -0.120. The average molecular weight is 300 g/mol. The molecule has 0 atom stereocenters. The molecule has 21 heavy (non-hydrogen) atoms. The van der Waals surface area contributed by atoms with Gasteiger partial charge in [-0.15, -0.1) is 0 Å². The van der Waals surface area contributed by atoms with Crippen LogP contribution in [-0.2, 0) is 6.42 Å². The summed E-state index contributed by atoms with van der Waals surface area (Å²) in [5, 5.41) is 3.35. The smallest absolute Gasteiger partial charge is 0.223 e. The molecule has 110 valence electrons. The van der Waals surface area contributed by atoms with Gasteiger partial charge < -0.3 is 11.1 Å². The Morgan fingerprint density at radius 3 is 2.62 bits per heavy atom. The number of hydrogen-bond acceptors (Lipinski definition) is 4. The molecule has 0 aliphatic rings. The number of hydrogen-bond donors (Lipinski definition) is 2. The lowest BCUT2D eigenvalue weighted by Gasteiger charge is -2.26. The van der Waals surface area contributed by atoms with Gasteiger partial charge in [-0.25, -0.2) is 9.97 Å². The third-order valence-electron chi connectivity index (χ3n) is 3.24. The van der Waals surface area contributed by atoms with E-state index in [4.69, 9.17) is 18.0 Å². The first-order valence-electron chi connectivity index (χ1n) is 6.91. The second kappa shape index (κ2) is 6.63. The maximum absolute atomic E-state index is 5.59. The predicted octanol–water partition coefficient (Wildman–Crippen LogP) is 2.93. The standard InChI is InChI=1S/C16H20N4S/c1-16(2,10-8-12-6-4-3-5-7-12)20-15-18-11-9-13(19-15)14(17)21/h3-7,9,11H,8,10H2,1-2H3,(H2,17,21)(H,18,19,20). The maximum Gasteiger partial charge on any atom is 0.223 e. The summed E-state index contributed by atoms with van der Waals surface area (Å²) in [6, 6.07) is 12.1. The molecular weight excluding hydrogens is 280 g/mol. The Labute approximate surface area is 130 Å². The fourth-order valence-electron chi connectivity index (χ4n) is 2.02. The summed E-state index contributed by atoms with van der Waals surface area (Å²) in [6.45, 7) is 4.26. The summed E-state index contributed by atoms with van der Waals surface area (Å²) < 4.78 is 0. The van der Waals surface area contributed by atoms with E-state index in [1.165, 1.54) is 5.56 Å². The summed E-state index contributed by atoms with van der Waals surface area (Å²) in [6.07, 6.45) is 3.63. The van der Waals surface area contributed by atoms with Gasteiger partial charge in [-0.3, -0.25) is 0 Å². The van der Waals surface area contributed by atoms with Crippen molar-refractivity contribution in [3.8, 4) is 0 Å². The maximum atomic E-state index is 5.59. The minimum Gasteiger partial charge on any atom is -0.388 e. The van der Waals surface area contributed by atoms with Gasteiger partial charge in [-0.1, -0.05) is 42.5 Å². The van der Waals surface area contributed by atoms with Crippen molar-refractivity contribution in [3.05, 3.63) is 53.9 Å². The largest absolute Gasteiger partial charge is 0.388 e. The van der Waals surface area contributed by atoms with Gasteiger partial charge in [0.05, 0.1) is 0 Å². The van der Waals surface area contributed by atoms with Gasteiger partial charge in [-0.05, 0) is 38.3 Å². The molecule has 0 saturated carbocycles. The van der Waals surface area contributed by atoms with Crippen molar-refractivity contribution >= 4 is 23.2 Å². The second-order valence-corrected chi connectivity index (χ2v) is 6.06. The highest BCUT2D eigenvalue weighted by atomic mass is 32.1. The van der Waals surface area contributed by atoms with Crippen LogP contribution in [0.25, 0.3) is 0 Å². The number of nitrogens with two attached hydrogens (primary N) is 1. The van der Waals surface area contributed by atoms with Crippen LogP contribution in [0.15, 0.2) is 42.6 Å². The first-order chi connectivity index (χ1) is 9.96. The molecule has 0 amide bonds. The van der Waals surface area contributed by atoms with Crippen molar-refractivity contribution < 1.29 is 0 Å². The fraction of sp³-hybridized carbons (Fsp3) is 0.312. The molecule has 0 saturated heterocycles. The van der Waals surface area contributed by atoms with Gasteiger partial charge in [-0.2, -0.15) is 0 Å². The molecule has 4 nitrogen and oxygen atoms in total. The summed E-state index contributed by atoms with van der Waals surface area (Å²) in [7, 11) is 0. The summed E-state index contributed by atoms with van der Waals surface area (Å²) in [4.78, 5) is 8.83. The average Bonchev–Trinajstić information content (AvgIpc) is 2.46. The third kappa shape index (κ3) is 4.79. The Bertz CT molecular complexity index is 611. The topological polar surface area (TPSA) is 63.8 Å². The molecule has 1 aromatic heterocycles. The third-order valence-corrected chi connectivity index (χ3v) is 3.45. The van der Waals surface area contributed by atoms with Crippen LogP contribution in [0, 0.1) is 0 Å². The van der Waals surface area contributed by atoms with Crippen LogP contribution >= 0.6 is 12.2 Å². The molecule has 0 fully saturated rings. The summed E-state index contributed by atoms with van der Waals surface area (Å²) in [5.41, 5.74) is 7.38. The van der Waals surface area contributed by atoms with Gasteiger partial charge in [0.25, 0.3) is 0 Å². The molecule has 2 rings (SSSR count). The second-order valence-electron chi connectivity index (χ2n) is 5.62. The Kier molecular flexibility index (Phi) is 4.85. The molecule has 0 bridgehead atoms. The van der Waals surface area contributed by atoms with Crippen LogP contribution in [0.1, 0.15) is 31.5 Å². The molecule has 1 aromatic carbocycles. The van der Waals surface area contributed by atoms with Gasteiger partial charge in [0, 0.05) is 11.7 Å². The SMILES string of the molecule is CC(C)(CCc1ccccc1)Nc1nccc(C(N)=S)n1. The molecule has 0 unspecified atom stereocenters. The van der Waals surface area contributed by atoms with Crippen molar-refractivity contribution in [3.63, 3.8) is 0 Å². The molecule has 0 aliphatic carbocycles. The van der Waals surface area contributed by atoms with Gasteiger partial charge in [0.1, 0.15) is 10.7 Å². The van der Waals surface area contributed by atoms with E-state index >= 15 is 0 Å². The Balaban J connectivity index is 2.00. The van der Waals surface area contributed by atoms with E-state index in [0.29, 0.717) is 11.6 Å². The number of anilines is 1. The first kappa shape index (κ1) is 15.4. The lowest BCUT2D eigenvalue weighted by atomic mass is 9.95. The Morgan fingerprint density at radius 1 is 1.24 bits per heavy atom. The van der Waals surface area contributed by atoms with Crippen molar-refractivity contribution in [1.29, 1.82) is 0 Å². The van der Waals surface area contributed by atoms with Crippen LogP contribution in [0.2, 0.25) is 0 Å². The van der Waals surface area contributed by atoms with E-state index in [9.17, 15) is 0 Å². The number of benzene rings is 1. The van der Waals surface area contributed by atoms with Crippen molar-refractivity contribution in [1.82, 2.24) is 9.97 Å². The van der Waals surface area contributed by atoms with Crippen LogP contribution in [0.3, 0.4) is 0 Å². The molecule has 2 aromatic rings. The van der Waals surface area contributed by atoms with Crippen molar-refractivity contribution in [2.75, 3.05) is 5.32 Å². The normalized spacial score (nSPS) is 11.1. The quantitative estimate of drug-likeness (QED) is 0.803. The lowest BCUT2D eigenvalue weighted by molar-refractivity contribution is 0.514. The van der Waals surface area contributed by atoms with E-state index in [1.807, 2.05) is 6.07 Å². The van der Waals surface area contributed by atoms with Crippen molar-refractivity contribution in [2.45, 2.75) is 32.2 Å². The zero-order valence-corrected chi connectivity index (χ0v) is 13.2. The predicted molar refractivity (Wildman–Crippen MR) is 90.4 cm³/mol. The van der Waals surface area contributed by atoms with E-state index in [-0.39, 0.29) is 10.5 Å². The fourth-order valence-corrected chi connectivity index (χ4v) is 2.14. The zero-order valence-electron chi connectivity index (χ0n) is 12.3. The zero-order chi connectivity index (χ0) is 15.3.